The molecule has 19 heavy (non-hydrogen) atoms. The molecule has 100 valence electrons. The van der Waals surface area contributed by atoms with Crippen LogP contribution < -0.4 is 21.8 Å². The van der Waals surface area contributed by atoms with Crippen LogP contribution in [0.15, 0.2) is 27.8 Å². The first kappa shape index (κ1) is 12.0. The van der Waals surface area contributed by atoms with Crippen LogP contribution in [0.3, 0.4) is 0 Å². The Morgan fingerprint density at radius 3 is 2.79 bits per heavy atom. The molecular weight excluding hydrogens is 244 g/mol. The van der Waals surface area contributed by atoms with Crippen molar-refractivity contribution in [2.24, 2.45) is 0 Å². The van der Waals surface area contributed by atoms with E-state index in [1.807, 2.05) is 6.07 Å². The Balaban J connectivity index is 2.06. The van der Waals surface area contributed by atoms with E-state index in [-0.39, 0.29) is 17.2 Å². The van der Waals surface area contributed by atoms with Crippen LogP contribution in [0.4, 0.5) is 5.69 Å². The van der Waals surface area contributed by atoms with Crippen LogP contribution in [-0.2, 0) is 0 Å². The van der Waals surface area contributed by atoms with E-state index in [1.165, 1.54) is 0 Å². The van der Waals surface area contributed by atoms with Crippen molar-refractivity contribution in [1.82, 2.24) is 15.5 Å². The molecule has 1 aromatic carbocycles. The van der Waals surface area contributed by atoms with E-state index < -0.39 is 0 Å². The predicted octanol–water partition coefficient (Wildman–Crippen LogP) is 0.380. The maximum absolute atomic E-state index is 11.9. The van der Waals surface area contributed by atoms with Gasteiger partial charge in [-0.1, -0.05) is 6.07 Å². The summed E-state index contributed by atoms with van der Waals surface area (Å²) in [6, 6.07) is 5.58. The summed E-state index contributed by atoms with van der Waals surface area (Å²) in [7, 11) is 0. The summed E-state index contributed by atoms with van der Waals surface area (Å²) in [6.45, 7) is 1.91. The summed E-state index contributed by atoms with van der Waals surface area (Å²) in [5.41, 5.74) is 0.167. The Morgan fingerprint density at radius 2 is 2.00 bits per heavy atom. The lowest BCUT2D eigenvalue weighted by molar-refractivity contribution is 0.480. The first-order valence-corrected chi connectivity index (χ1v) is 6.46. The average molecular weight is 260 g/mol. The summed E-state index contributed by atoms with van der Waals surface area (Å²) in [5, 5.41) is 12.2. The van der Waals surface area contributed by atoms with Crippen molar-refractivity contribution in [2.75, 3.05) is 18.4 Å². The molecule has 4 N–H and O–H groups in total. The molecule has 2 heterocycles. The molecule has 1 unspecified atom stereocenters. The molecule has 6 nitrogen and oxygen atoms in total. The van der Waals surface area contributed by atoms with Crippen LogP contribution in [0, 0.1) is 0 Å². The van der Waals surface area contributed by atoms with Crippen molar-refractivity contribution in [3.63, 3.8) is 0 Å². The first-order chi connectivity index (χ1) is 9.25. The van der Waals surface area contributed by atoms with Gasteiger partial charge in [0.15, 0.2) is 0 Å². The van der Waals surface area contributed by atoms with Gasteiger partial charge in [-0.25, -0.2) is 0 Å². The molecule has 0 radical (unpaired) electrons. The molecular formula is C13H16N4O2. The zero-order valence-corrected chi connectivity index (χ0v) is 10.5. The quantitative estimate of drug-likeness (QED) is 0.628. The number of nitrogens with one attached hydrogen (secondary N) is 4. The minimum absolute atomic E-state index is 0.276. The summed E-state index contributed by atoms with van der Waals surface area (Å²) in [4.78, 5) is 23.6. The first-order valence-electron chi connectivity index (χ1n) is 6.46. The minimum atomic E-state index is -0.278. The van der Waals surface area contributed by atoms with Gasteiger partial charge in [0.2, 0.25) is 0 Å². The van der Waals surface area contributed by atoms with Gasteiger partial charge >= 0.3 is 0 Å². The van der Waals surface area contributed by atoms with Gasteiger partial charge in [-0.3, -0.25) is 19.8 Å². The number of fused-ring (bicyclic) bond motifs is 1. The van der Waals surface area contributed by atoms with Gasteiger partial charge < -0.3 is 10.6 Å². The Morgan fingerprint density at radius 1 is 1.16 bits per heavy atom. The number of piperidine rings is 1. The Kier molecular flexibility index (Phi) is 3.08. The van der Waals surface area contributed by atoms with Crippen molar-refractivity contribution in [3.05, 3.63) is 38.9 Å². The van der Waals surface area contributed by atoms with Crippen LogP contribution in [0.2, 0.25) is 0 Å². The van der Waals surface area contributed by atoms with E-state index in [1.54, 1.807) is 12.1 Å². The minimum Gasteiger partial charge on any atom is -0.380 e. The molecule has 1 fully saturated rings. The zero-order valence-electron chi connectivity index (χ0n) is 10.5. The van der Waals surface area contributed by atoms with Crippen molar-refractivity contribution >= 4 is 16.5 Å². The highest BCUT2D eigenvalue weighted by Gasteiger charge is 2.15. The van der Waals surface area contributed by atoms with E-state index >= 15 is 0 Å². The van der Waals surface area contributed by atoms with Gasteiger partial charge in [0, 0.05) is 18.3 Å². The number of aromatic nitrogens is 2. The standard InChI is InChI=1S/C13H16N4O2/c18-12-9-4-1-5-10(11(9)13(19)17-16-12)15-8-3-2-6-14-7-8/h1,4-5,8,14-15H,2-3,6-7H2,(H,16,18)(H,17,19). The van der Waals surface area contributed by atoms with Crippen LogP contribution in [0.25, 0.3) is 10.8 Å². The van der Waals surface area contributed by atoms with Gasteiger partial charge in [-0.05, 0) is 31.5 Å². The molecule has 0 bridgehead atoms. The molecule has 1 atom stereocenters. The van der Waals surface area contributed by atoms with Gasteiger partial charge in [-0.15, -0.1) is 0 Å². The summed E-state index contributed by atoms with van der Waals surface area (Å²) < 4.78 is 0. The predicted molar refractivity (Wildman–Crippen MR) is 74.7 cm³/mol. The largest absolute Gasteiger partial charge is 0.380 e. The number of hydrogen-bond donors (Lipinski definition) is 4. The number of rotatable bonds is 2. The number of H-pyrrole nitrogens is 2. The van der Waals surface area contributed by atoms with Crippen molar-refractivity contribution in [2.45, 2.75) is 18.9 Å². The van der Waals surface area contributed by atoms with Crippen molar-refractivity contribution in [3.8, 4) is 0 Å². The maximum Gasteiger partial charge on any atom is 0.272 e. The third-order valence-electron chi connectivity index (χ3n) is 3.48. The third-order valence-corrected chi connectivity index (χ3v) is 3.48. The van der Waals surface area contributed by atoms with Gasteiger partial charge in [0.05, 0.1) is 10.8 Å². The topological polar surface area (TPSA) is 89.8 Å². The maximum atomic E-state index is 11.9. The average Bonchev–Trinajstić information content (AvgIpc) is 2.44. The lowest BCUT2D eigenvalue weighted by atomic mass is 10.1. The molecule has 2 aromatic rings. The summed E-state index contributed by atoms with van der Waals surface area (Å²) >= 11 is 0. The smallest absolute Gasteiger partial charge is 0.272 e. The molecule has 1 saturated heterocycles. The molecule has 1 aromatic heterocycles. The van der Waals surface area contributed by atoms with E-state index in [9.17, 15) is 9.59 Å². The van der Waals surface area contributed by atoms with Crippen LogP contribution in [-0.4, -0.2) is 29.3 Å². The van der Waals surface area contributed by atoms with Crippen LogP contribution in [0.5, 0.6) is 0 Å². The molecule has 0 amide bonds. The number of anilines is 1. The highest BCUT2D eigenvalue weighted by molar-refractivity contribution is 5.92. The van der Waals surface area contributed by atoms with E-state index in [0.717, 1.165) is 31.6 Å². The molecule has 0 aliphatic carbocycles. The van der Waals surface area contributed by atoms with E-state index in [4.69, 9.17) is 0 Å². The third kappa shape index (κ3) is 2.26. The molecule has 1 aliphatic rings. The molecule has 0 spiro atoms. The molecule has 0 saturated carbocycles. The van der Waals surface area contributed by atoms with Gasteiger partial charge in [-0.2, -0.15) is 0 Å². The fourth-order valence-electron chi connectivity index (χ4n) is 2.54. The molecule has 3 rings (SSSR count). The highest BCUT2D eigenvalue weighted by Crippen LogP contribution is 2.19. The number of aromatic amines is 2. The SMILES string of the molecule is O=c1[nH][nH]c(=O)c2c(NC3CCCNC3)cccc12. The summed E-state index contributed by atoms with van der Waals surface area (Å²) in [5.74, 6) is 0. The molecule has 6 heteroatoms. The van der Waals surface area contributed by atoms with Crippen LogP contribution >= 0.6 is 0 Å². The Labute approximate surface area is 109 Å². The van der Waals surface area contributed by atoms with E-state index in [2.05, 4.69) is 20.8 Å². The monoisotopic (exact) mass is 260 g/mol. The summed E-state index contributed by atoms with van der Waals surface area (Å²) in [6.07, 6.45) is 2.17. The van der Waals surface area contributed by atoms with Gasteiger partial charge in [0.1, 0.15) is 0 Å². The zero-order chi connectivity index (χ0) is 13.2. The number of benzene rings is 1. The lowest BCUT2D eigenvalue weighted by Crippen LogP contribution is -2.38. The number of hydrogen-bond acceptors (Lipinski definition) is 4. The normalized spacial score (nSPS) is 19.5. The molecule has 1 aliphatic heterocycles. The van der Waals surface area contributed by atoms with Gasteiger partial charge in [0.25, 0.3) is 11.1 Å². The Bertz CT molecular complexity index is 698. The second kappa shape index (κ2) is 4.89. The van der Waals surface area contributed by atoms with E-state index in [0.29, 0.717) is 10.8 Å². The van der Waals surface area contributed by atoms with Crippen molar-refractivity contribution < 1.29 is 0 Å². The lowest BCUT2D eigenvalue weighted by Gasteiger charge is -2.25. The van der Waals surface area contributed by atoms with Crippen LogP contribution in [0.1, 0.15) is 12.8 Å². The second-order valence-corrected chi connectivity index (χ2v) is 4.82. The fraction of sp³-hybridized carbons (Fsp3) is 0.385. The highest BCUT2D eigenvalue weighted by atomic mass is 16.1. The second-order valence-electron chi connectivity index (χ2n) is 4.82. The fourth-order valence-corrected chi connectivity index (χ4v) is 2.54. The Hall–Kier alpha value is -2.08. The van der Waals surface area contributed by atoms with Crippen molar-refractivity contribution in [1.29, 1.82) is 0 Å².